The third kappa shape index (κ3) is 1.45. The quantitative estimate of drug-likeness (QED) is 0.761. The molecule has 0 spiro atoms. The summed E-state index contributed by atoms with van der Waals surface area (Å²) < 4.78 is 6.26. The van der Waals surface area contributed by atoms with E-state index in [2.05, 4.69) is 22.0 Å². The number of nitrogens with zero attached hydrogens (tertiary/aromatic N) is 1. The van der Waals surface area contributed by atoms with Crippen LogP contribution in [-0.4, -0.2) is 0 Å². The second kappa shape index (κ2) is 3.23. The summed E-state index contributed by atoms with van der Waals surface area (Å²) in [6.07, 6.45) is 2.02. The van der Waals surface area contributed by atoms with Gasteiger partial charge in [-0.25, -0.2) is 0 Å². The molecule has 1 aromatic heterocycles. The van der Waals surface area contributed by atoms with Gasteiger partial charge in [-0.05, 0) is 18.2 Å². The molecule has 0 saturated heterocycles. The third-order valence-corrected chi connectivity index (χ3v) is 2.32. The molecule has 0 aliphatic rings. The van der Waals surface area contributed by atoms with E-state index in [1.807, 2.05) is 18.2 Å². The van der Waals surface area contributed by atoms with Crippen molar-refractivity contribution >= 4 is 26.9 Å². The lowest BCUT2D eigenvalue weighted by atomic mass is 10.1. The number of benzene rings is 1. The molecule has 64 valence electrons. The lowest BCUT2D eigenvalue weighted by Crippen LogP contribution is -1.82. The van der Waals surface area contributed by atoms with Gasteiger partial charge in [0, 0.05) is 15.4 Å². The van der Waals surface area contributed by atoms with Crippen molar-refractivity contribution in [2.75, 3.05) is 0 Å². The smallest absolute Gasteiger partial charge is 0.138 e. The monoisotopic (exact) mass is 235 g/mol. The summed E-state index contributed by atoms with van der Waals surface area (Å²) in [6, 6.07) is 7.89. The normalized spacial score (nSPS) is 10.2. The van der Waals surface area contributed by atoms with E-state index in [0.717, 1.165) is 21.0 Å². The van der Waals surface area contributed by atoms with E-state index in [1.165, 1.54) is 0 Å². The number of nitriles is 1. The van der Waals surface area contributed by atoms with Crippen LogP contribution in [-0.2, 0) is 6.42 Å². The third-order valence-electron chi connectivity index (χ3n) is 1.86. The fraction of sp³-hybridized carbons (Fsp3) is 0.100. The molecule has 2 rings (SSSR count). The van der Waals surface area contributed by atoms with Crippen molar-refractivity contribution < 1.29 is 4.42 Å². The van der Waals surface area contributed by atoms with Crippen LogP contribution < -0.4 is 0 Å². The molecule has 0 atom stereocenters. The first-order valence-electron chi connectivity index (χ1n) is 3.84. The molecular formula is C10H6BrNO. The predicted octanol–water partition coefficient (Wildman–Crippen LogP) is 3.26. The molecule has 1 aromatic carbocycles. The second-order valence-corrected chi connectivity index (χ2v) is 3.65. The molecule has 0 unspecified atom stereocenters. The summed E-state index contributed by atoms with van der Waals surface area (Å²) in [7, 11) is 0. The summed E-state index contributed by atoms with van der Waals surface area (Å²) in [5.74, 6) is 0. The molecule has 0 amide bonds. The molecule has 0 N–H and O–H groups in total. The Kier molecular flexibility index (Phi) is 2.07. The zero-order valence-corrected chi connectivity index (χ0v) is 8.34. The first kappa shape index (κ1) is 8.33. The maximum absolute atomic E-state index is 8.60. The maximum Gasteiger partial charge on any atom is 0.138 e. The van der Waals surface area contributed by atoms with Crippen LogP contribution in [0.4, 0.5) is 0 Å². The molecule has 0 saturated carbocycles. The molecule has 0 aliphatic heterocycles. The van der Waals surface area contributed by atoms with Crippen LogP contribution in [0.5, 0.6) is 0 Å². The largest absolute Gasteiger partial charge is 0.464 e. The number of hydrogen-bond acceptors (Lipinski definition) is 2. The molecule has 0 aliphatic carbocycles. The van der Waals surface area contributed by atoms with Crippen LogP contribution in [0.15, 0.2) is 33.4 Å². The van der Waals surface area contributed by atoms with Crippen LogP contribution >= 0.6 is 15.9 Å². The summed E-state index contributed by atoms with van der Waals surface area (Å²) in [5, 5.41) is 9.63. The molecule has 2 aromatic rings. The average molecular weight is 236 g/mol. The van der Waals surface area contributed by atoms with E-state index in [1.54, 1.807) is 6.26 Å². The van der Waals surface area contributed by atoms with Gasteiger partial charge in [0.2, 0.25) is 0 Å². The minimum Gasteiger partial charge on any atom is -0.464 e. The Labute approximate surface area is 83.9 Å². The first-order chi connectivity index (χ1) is 6.31. The molecule has 0 bridgehead atoms. The van der Waals surface area contributed by atoms with Crippen LogP contribution in [0.3, 0.4) is 0 Å². The van der Waals surface area contributed by atoms with Crippen molar-refractivity contribution in [2.45, 2.75) is 6.42 Å². The maximum atomic E-state index is 8.60. The van der Waals surface area contributed by atoms with Gasteiger partial charge in [-0.1, -0.05) is 15.9 Å². The van der Waals surface area contributed by atoms with Gasteiger partial charge in [-0.3, -0.25) is 0 Å². The fourth-order valence-corrected chi connectivity index (χ4v) is 1.86. The second-order valence-electron chi connectivity index (χ2n) is 2.74. The molecule has 1 heterocycles. The van der Waals surface area contributed by atoms with Gasteiger partial charge in [0.1, 0.15) is 5.58 Å². The lowest BCUT2D eigenvalue weighted by molar-refractivity contribution is 0.612. The average Bonchev–Trinajstić information content (AvgIpc) is 2.52. The highest BCUT2D eigenvalue weighted by molar-refractivity contribution is 9.10. The van der Waals surface area contributed by atoms with Crippen molar-refractivity contribution in [2.24, 2.45) is 0 Å². The Morgan fingerprint density at radius 2 is 2.31 bits per heavy atom. The van der Waals surface area contributed by atoms with Crippen molar-refractivity contribution in [3.05, 3.63) is 34.5 Å². The molecule has 0 fully saturated rings. The van der Waals surface area contributed by atoms with E-state index >= 15 is 0 Å². The predicted molar refractivity (Wildman–Crippen MR) is 53.2 cm³/mol. The first-order valence-corrected chi connectivity index (χ1v) is 4.63. The van der Waals surface area contributed by atoms with Gasteiger partial charge in [0.05, 0.1) is 18.8 Å². The summed E-state index contributed by atoms with van der Waals surface area (Å²) in [6.45, 7) is 0. The van der Waals surface area contributed by atoms with Gasteiger partial charge in [-0.2, -0.15) is 5.26 Å². The molecule has 2 nitrogen and oxygen atoms in total. The molecular weight excluding hydrogens is 230 g/mol. The van der Waals surface area contributed by atoms with Crippen LogP contribution in [0.25, 0.3) is 11.0 Å². The topological polar surface area (TPSA) is 36.9 Å². The summed E-state index contributed by atoms with van der Waals surface area (Å²) in [5.41, 5.74) is 1.74. The molecule has 0 radical (unpaired) electrons. The number of furan rings is 1. The van der Waals surface area contributed by atoms with Crippen LogP contribution in [0, 0.1) is 11.3 Å². The van der Waals surface area contributed by atoms with Crippen LogP contribution in [0.2, 0.25) is 0 Å². The van der Waals surface area contributed by atoms with E-state index < -0.39 is 0 Å². The van der Waals surface area contributed by atoms with E-state index in [9.17, 15) is 0 Å². The molecule has 3 heteroatoms. The van der Waals surface area contributed by atoms with Crippen molar-refractivity contribution in [3.63, 3.8) is 0 Å². The Bertz CT molecular complexity index is 481. The number of halogens is 1. The van der Waals surface area contributed by atoms with Gasteiger partial charge in [-0.15, -0.1) is 0 Å². The Morgan fingerprint density at radius 3 is 3.08 bits per heavy atom. The van der Waals surface area contributed by atoms with E-state index in [4.69, 9.17) is 9.68 Å². The Morgan fingerprint density at radius 1 is 1.46 bits per heavy atom. The SMILES string of the molecule is N#CCc1cc(Br)cc2ccoc12. The van der Waals surface area contributed by atoms with Crippen molar-refractivity contribution in [3.8, 4) is 6.07 Å². The zero-order chi connectivity index (χ0) is 9.26. The standard InChI is InChI=1S/C10H6BrNO/c11-9-5-7(1-3-12)10-8(6-9)2-4-13-10/h2,4-6H,1H2. The van der Waals surface area contributed by atoms with Crippen LogP contribution in [0.1, 0.15) is 5.56 Å². The van der Waals surface area contributed by atoms with Gasteiger partial charge in [0.25, 0.3) is 0 Å². The number of rotatable bonds is 1. The minimum absolute atomic E-state index is 0.378. The van der Waals surface area contributed by atoms with Gasteiger partial charge in [0.15, 0.2) is 0 Å². The highest BCUT2D eigenvalue weighted by atomic mass is 79.9. The summed E-state index contributed by atoms with van der Waals surface area (Å²) in [4.78, 5) is 0. The highest BCUT2D eigenvalue weighted by Gasteiger charge is 2.05. The van der Waals surface area contributed by atoms with E-state index in [-0.39, 0.29) is 0 Å². The summed E-state index contributed by atoms with van der Waals surface area (Å²) >= 11 is 3.39. The van der Waals surface area contributed by atoms with Crippen molar-refractivity contribution in [1.29, 1.82) is 5.26 Å². The van der Waals surface area contributed by atoms with Crippen molar-refractivity contribution in [1.82, 2.24) is 0 Å². The van der Waals surface area contributed by atoms with E-state index in [0.29, 0.717) is 6.42 Å². The Balaban J connectivity index is 2.71. The molecule has 13 heavy (non-hydrogen) atoms. The van der Waals surface area contributed by atoms with Gasteiger partial charge >= 0.3 is 0 Å². The zero-order valence-electron chi connectivity index (χ0n) is 6.75. The highest BCUT2D eigenvalue weighted by Crippen LogP contribution is 2.25. The number of hydrogen-bond donors (Lipinski definition) is 0. The minimum atomic E-state index is 0.378. The Hall–Kier alpha value is -1.27. The fourth-order valence-electron chi connectivity index (χ4n) is 1.33. The van der Waals surface area contributed by atoms with Gasteiger partial charge < -0.3 is 4.42 Å². The lowest BCUT2D eigenvalue weighted by Gasteiger charge is -1.97. The number of fused-ring (bicyclic) bond motifs is 1.